The molecule has 2 aromatic heterocycles. The maximum Gasteiger partial charge on any atom is 0.242 e. The van der Waals surface area contributed by atoms with Gasteiger partial charge < -0.3 is 9.47 Å². The van der Waals surface area contributed by atoms with Crippen molar-refractivity contribution in [3.8, 4) is 11.3 Å². The molecule has 0 bridgehead atoms. The number of thiazole rings is 1. The van der Waals surface area contributed by atoms with Crippen molar-refractivity contribution in [2.45, 2.75) is 13.1 Å². The highest BCUT2D eigenvalue weighted by atomic mass is 32.1. The Balaban J connectivity index is 1.16. The number of aromatic nitrogens is 3. The van der Waals surface area contributed by atoms with E-state index in [1.165, 1.54) is 0 Å². The number of rotatable bonds is 5. The molecule has 1 aliphatic rings. The highest BCUT2D eigenvalue weighted by Crippen LogP contribution is 2.23. The largest absolute Gasteiger partial charge is 0.339 e. The quantitative estimate of drug-likeness (QED) is 0.499. The van der Waals surface area contributed by atoms with Crippen molar-refractivity contribution in [1.82, 2.24) is 24.3 Å². The third kappa shape index (κ3) is 3.99. The Hall–Kier alpha value is -3.03. The molecule has 0 N–H and O–H groups in total. The number of imidazole rings is 1. The first-order chi connectivity index (χ1) is 14.8. The van der Waals surface area contributed by atoms with E-state index in [4.69, 9.17) is 4.98 Å². The van der Waals surface area contributed by atoms with Crippen molar-refractivity contribution in [1.29, 1.82) is 0 Å². The molecular formula is C23H23N5OS. The minimum atomic E-state index is 0.151. The fourth-order valence-corrected chi connectivity index (χ4v) is 4.70. The van der Waals surface area contributed by atoms with Crippen molar-refractivity contribution in [2.75, 3.05) is 26.2 Å². The molecule has 1 aliphatic heterocycles. The smallest absolute Gasteiger partial charge is 0.242 e. The van der Waals surface area contributed by atoms with Crippen LogP contribution in [-0.2, 0) is 17.9 Å². The highest BCUT2D eigenvalue weighted by Gasteiger charge is 2.22. The molecule has 0 radical (unpaired) electrons. The second kappa shape index (κ2) is 8.38. The zero-order valence-electron chi connectivity index (χ0n) is 16.6. The Kier molecular flexibility index (Phi) is 5.29. The zero-order chi connectivity index (χ0) is 20.3. The lowest BCUT2D eigenvalue weighted by Crippen LogP contribution is -2.49. The van der Waals surface area contributed by atoms with Gasteiger partial charge in [0, 0.05) is 37.1 Å². The SMILES string of the molecule is O=C(Cn1cnc2ccccc21)N1CCN(Cc2nc(-c3ccccc3)cs2)CC1. The summed E-state index contributed by atoms with van der Waals surface area (Å²) in [4.78, 5) is 26.3. The van der Waals surface area contributed by atoms with Crippen LogP contribution in [0.2, 0.25) is 0 Å². The van der Waals surface area contributed by atoms with Crippen LogP contribution in [0, 0.1) is 0 Å². The maximum atomic E-state index is 12.8. The number of carbonyl (C=O) groups is 1. The number of benzene rings is 2. The van der Waals surface area contributed by atoms with E-state index in [-0.39, 0.29) is 5.91 Å². The van der Waals surface area contributed by atoms with Gasteiger partial charge in [-0.1, -0.05) is 42.5 Å². The Morgan fingerprint density at radius 1 is 0.967 bits per heavy atom. The van der Waals surface area contributed by atoms with Crippen molar-refractivity contribution in [2.24, 2.45) is 0 Å². The fourth-order valence-electron chi connectivity index (χ4n) is 3.85. The predicted molar refractivity (Wildman–Crippen MR) is 119 cm³/mol. The molecule has 3 heterocycles. The summed E-state index contributed by atoms with van der Waals surface area (Å²) < 4.78 is 1.94. The molecule has 0 spiro atoms. The zero-order valence-corrected chi connectivity index (χ0v) is 17.5. The van der Waals surface area contributed by atoms with E-state index >= 15 is 0 Å². The molecule has 2 aromatic carbocycles. The van der Waals surface area contributed by atoms with Crippen LogP contribution in [0.25, 0.3) is 22.3 Å². The number of nitrogens with zero attached hydrogens (tertiary/aromatic N) is 5. The van der Waals surface area contributed by atoms with Gasteiger partial charge in [-0.25, -0.2) is 9.97 Å². The Labute approximate surface area is 179 Å². The summed E-state index contributed by atoms with van der Waals surface area (Å²) in [5.74, 6) is 0.151. The van der Waals surface area contributed by atoms with Gasteiger partial charge in [0.2, 0.25) is 5.91 Å². The van der Waals surface area contributed by atoms with Gasteiger partial charge in [-0.2, -0.15) is 0 Å². The normalized spacial score (nSPS) is 15.0. The van der Waals surface area contributed by atoms with Crippen LogP contribution < -0.4 is 0 Å². The lowest BCUT2D eigenvalue weighted by molar-refractivity contribution is -0.133. The van der Waals surface area contributed by atoms with E-state index in [9.17, 15) is 4.79 Å². The van der Waals surface area contributed by atoms with Crippen LogP contribution in [0.3, 0.4) is 0 Å². The van der Waals surface area contributed by atoms with Gasteiger partial charge in [0.25, 0.3) is 0 Å². The third-order valence-corrected chi connectivity index (χ3v) is 6.37. The van der Waals surface area contributed by atoms with Gasteiger partial charge >= 0.3 is 0 Å². The van der Waals surface area contributed by atoms with Crippen LogP contribution >= 0.6 is 11.3 Å². The molecular weight excluding hydrogens is 394 g/mol. The van der Waals surface area contributed by atoms with Crippen molar-refractivity contribution in [3.05, 3.63) is 71.3 Å². The summed E-state index contributed by atoms with van der Waals surface area (Å²) in [5, 5.41) is 3.25. The molecule has 5 rings (SSSR count). The molecule has 0 atom stereocenters. The molecule has 152 valence electrons. The number of para-hydroxylation sites is 2. The third-order valence-electron chi connectivity index (χ3n) is 5.54. The number of amides is 1. The minimum absolute atomic E-state index is 0.151. The number of piperazine rings is 1. The maximum absolute atomic E-state index is 12.8. The summed E-state index contributed by atoms with van der Waals surface area (Å²) >= 11 is 1.71. The topological polar surface area (TPSA) is 54.3 Å². The summed E-state index contributed by atoms with van der Waals surface area (Å²) in [7, 11) is 0. The fraction of sp³-hybridized carbons (Fsp3) is 0.261. The van der Waals surface area contributed by atoms with E-state index in [0.717, 1.165) is 60.0 Å². The molecule has 6 nitrogen and oxygen atoms in total. The highest BCUT2D eigenvalue weighted by molar-refractivity contribution is 7.09. The second-order valence-corrected chi connectivity index (χ2v) is 8.45. The van der Waals surface area contributed by atoms with E-state index < -0.39 is 0 Å². The predicted octanol–water partition coefficient (Wildman–Crippen LogP) is 3.50. The first-order valence-electron chi connectivity index (χ1n) is 10.2. The van der Waals surface area contributed by atoms with Gasteiger partial charge in [0.05, 0.1) is 29.6 Å². The van der Waals surface area contributed by atoms with Gasteiger partial charge in [-0.15, -0.1) is 11.3 Å². The molecule has 1 fully saturated rings. The molecule has 4 aromatic rings. The Morgan fingerprint density at radius 3 is 2.57 bits per heavy atom. The van der Waals surface area contributed by atoms with Gasteiger partial charge in [-0.05, 0) is 12.1 Å². The van der Waals surface area contributed by atoms with Crippen LogP contribution in [0.4, 0.5) is 0 Å². The van der Waals surface area contributed by atoms with Crippen LogP contribution in [0.15, 0.2) is 66.3 Å². The summed E-state index contributed by atoms with van der Waals surface area (Å²) in [5.41, 5.74) is 4.12. The standard InChI is InChI=1S/C23H23N5OS/c29-23(15-28-17-24-19-8-4-5-9-21(19)28)27-12-10-26(11-13-27)14-22-25-20(16-30-22)18-6-2-1-3-7-18/h1-9,16-17H,10-15H2. The number of fused-ring (bicyclic) bond motifs is 1. The molecule has 1 saturated heterocycles. The summed E-state index contributed by atoms with van der Waals surface area (Å²) in [6, 6.07) is 18.2. The Bertz CT molecular complexity index is 1140. The molecule has 0 saturated carbocycles. The van der Waals surface area contributed by atoms with Crippen molar-refractivity contribution >= 4 is 28.3 Å². The van der Waals surface area contributed by atoms with Crippen molar-refractivity contribution < 1.29 is 4.79 Å². The van der Waals surface area contributed by atoms with E-state index in [0.29, 0.717) is 6.54 Å². The van der Waals surface area contributed by atoms with Crippen molar-refractivity contribution in [3.63, 3.8) is 0 Å². The number of carbonyl (C=O) groups excluding carboxylic acids is 1. The summed E-state index contributed by atoms with van der Waals surface area (Å²) in [6.07, 6.45) is 1.76. The summed E-state index contributed by atoms with van der Waals surface area (Å²) in [6.45, 7) is 4.43. The minimum Gasteiger partial charge on any atom is -0.339 e. The number of hydrogen-bond donors (Lipinski definition) is 0. The number of hydrogen-bond acceptors (Lipinski definition) is 5. The van der Waals surface area contributed by atoms with E-state index in [2.05, 4.69) is 27.4 Å². The lowest BCUT2D eigenvalue weighted by atomic mass is 10.2. The van der Waals surface area contributed by atoms with Crippen LogP contribution in [0.1, 0.15) is 5.01 Å². The average Bonchev–Trinajstić information content (AvgIpc) is 3.42. The van der Waals surface area contributed by atoms with Crippen LogP contribution in [0.5, 0.6) is 0 Å². The average molecular weight is 418 g/mol. The molecule has 30 heavy (non-hydrogen) atoms. The Morgan fingerprint density at radius 2 is 1.73 bits per heavy atom. The monoisotopic (exact) mass is 417 g/mol. The van der Waals surface area contributed by atoms with Gasteiger partial charge in [-0.3, -0.25) is 9.69 Å². The molecule has 0 unspecified atom stereocenters. The van der Waals surface area contributed by atoms with Gasteiger partial charge in [0.15, 0.2) is 0 Å². The van der Waals surface area contributed by atoms with Crippen LogP contribution in [-0.4, -0.2) is 56.4 Å². The van der Waals surface area contributed by atoms with Gasteiger partial charge in [0.1, 0.15) is 11.6 Å². The first-order valence-corrected chi connectivity index (χ1v) is 11.0. The first kappa shape index (κ1) is 19.0. The van der Waals surface area contributed by atoms with E-state index in [1.54, 1.807) is 17.7 Å². The molecule has 0 aliphatic carbocycles. The molecule has 1 amide bonds. The molecule has 7 heteroatoms. The van der Waals surface area contributed by atoms with E-state index in [1.807, 2.05) is 51.9 Å². The lowest BCUT2D eigenvalue weighted by Gasteiger charge is -2.34. The second-order valence-electron chi connectivity index (χ2n) is 7.51.